The molecule has 0 unspecified atom stereocenters. The summed E-state index contributed by atoms with van der Waals surface area (Å²) in [6.07, 6.45) is 9.92. The molecule has 0 atom stereocenters. The second-order valence-corrected chi connectivity index (χ2v) is 6.95. The zero-order chi connectivity index (χ0) is 19.8. The summed E-state index contributed by atoms with van der Waals surface area (Å²) in [5, 5.41) is 4.64. The van der Waals surface area contributed by atoms with Crippen LogP contribution in [0.5, 0.6) is 0 Å². The lowest BCUT2D eigenvalue weighted by molar-refractivity contribution is -0.105. The zero-order valence-corrected chi connectivity index (χ0v) is 17.1. The molecule has 0 saturated carbocycles. The molecule has 0 aromatic rings. The summed E-state index contributed by atoms with van der Waals surface area (Å²) in [6.45, 7) is 6.44. The number of methoxy groups -OCH3 is 1. The fourth-order valence-corrected chi connectivity index (χ4v) is 3.68. The maximum Gasteiger partial charge on any atom is 0.157 e. The largest absolute Gasteiger partial charge is 0.494 e. The quantitative estimate of drug-likeness (QED) is 0.289. The number of nitrogens with two attached hydrogens (primary N) is 1. The van der Waals surface area contributed by atoms with E-state index in [9.17, 15) is 4.79 Å². The van der Waals surface area contributed by atoms with Crippen LogP contribution >= 0.6 is 0 Å². The van der Waals surface area contributed by atoms with E-state index < -0.39 is 0 Å². The van der Waals surface area contributed by atoms with Crippen LogP contribution in [0.4, 0.5) is 0 Å². The van der Waals surface area contributed by atoms with E-state index in [0.29, 0.717) is 23.7 Å². The van der Waals surface area contributed by atoms with Gasteiger partial charge in [0.15, 0.2) is 6.29 Å². The van der Waals surface area contributed by atoms with E-state index >= 15 is 0 Å². The summed E-state index contributed by atoms with van der Waals surface area (Å²) < 4.78 is 11.1. The van der Waals surface area contributed by atoms with Crippen molar-refractivity contribution in [1.82, 2.24) is 10.0 Å². The van der Waals surface area contributed by atoms with Crippen molar-refractivity contribution in [3.8, 4) is 0 Å². The summed E-state index contributed by atoms with van der Waals surface area (Å²) in [5.41, 5.74) is 9.94. The van der Waals surface area contributed by atoms with Crippen LogP contribution in [-0.2, 0) is 14.3 Å². The lowest BCUT2D eigenvalue weighted by Crippen LogP contribution is -2.35. The molecule has 0 radical (unpaired) electrons. The Morgan fingerprint density at radius 3 is 2.70 bits per heavy atom. The molecule has 27 heavy (non-hydrogen) atoms. The number of hydrazine groups is 1. The molecule has 0 bridgehead atoms. The standard InChI is InChI=1S/C21H33N3O3/c1-5-11-24-20(10-12-23(24)3)18-9-7-6-8-17(18)15-27-16(2)19(14-25)21(13-22)26-4/h10,13-14H,5-9,11-12,15,22H2,1-4H3/b19-16+,21-13+. The Morgan fingerprint density at radius 2 is 2.07 bits per heavy atom. The molecule has 2 N–H and O–H groups in total. The van der Waals surface area contributed by atoms with Crippen LogP contribution < -0.4 is 5.73 Å². The molecule has 0 aromatic carbocycles. The van der Waals surface area contributed by atoms with Crippen LogP contribution in [0.3, 0.4) is 0 Å². The number of ether oxygens (including phenoxy) is 2. The number of rotatable bonds is 9. The topological polar surface area (TPSA) is 68.0 Å². The molecule has 150 valence electrons. The minimum atomic E-state index is 0.328. The fourth-order valence-electron chi connectivity index (χ4n) is 3.68. The van der Waals surface area contributed by atoms with Gasteiger partial charge in [0.25, 0.3) is 0 Å². The monoisotopic (exact) mass is 375 g/mol. The van der Waals surface area contributed by atoms with E-state index in [1.54, 1.807) is 6.92 Å². The second-order valence-electron chi connectivity index (χ2n) is 6.95. The Bertz CT molecular complexity index is 662. The molecule has 6 heteroatoms. The predicted molar refractivity (Wildman–Crippen MR) is 107 cm³/mol. The molecule has 0 fully saturated rings. The molecular formula is C21H33N3O3. The van der Waals surface area contributed by atoms with Gasteiger partial charge in [0.2, 0.25) is 0 Å². The van der Waals surface area contributed by atoms with Crippen molar-refractivity contribution in [3.05, 3.63) is 46.2 Å². The van der Waals surface area contributed by atoms with E-state index in [2.05, 4.69) is 30.1 Å². The lowest BCUT2D eigenvalue weighted by atomic mass is 9.90. The average Bonchev–Trinajstić information content (AvgIpc) is 3.05. The van der Waals surface area contributed by atoms with Gasteiger partial charge in [-0.2, -0.15) is 0 Å². The summed E-state index contributed by atoms with van der Waals surface area (Å²) in [4.78, 5) is 11.4. The number of likely N-dealkylation sites (N-methyl/N-ethyl adjacent to an activating group) is 1. The van der Waals surface area contributed by atoms with Gasteiger partial charge >= 0.3 is 0 Å². The van der Waals surface area contributed by atoms with Gasteiger partial charge in [0.1, 0.15) is 18.1 Å². The summed E-state index contributed by atoms with van der Waals surface area (Å²) >= 11 is 0. The first kappa shape index (κ1) is 21.1. The molecule has 2 aliphatic rings. The lowest BCUT2D eigenvalue weighted by Gasteiger charge is -2.32. The molecule has 0 amide bonds. The van der Waals surface area contributed by atoms with Crippen LogP contribution in [0.2, 0.25) is 0 Å². The number of hydrogen-bond acceptors (Lipinski definition) is 6. The average molecular weight is 376 g/mol. The highest BCUT2D eigenvalue weighted by molar-refractivity contribution is 5.79. The first-order valence-electron chi connectivity index (χ1n) is 9.72. The summed E-state index contributed by atoms with van der Waals surface area (Å²) in [7, 11) is 3.62. The number of aldehydes is 1. The van der Waals surface area contributed by atoms with Crippen molar-refractivity contribution in [3.63, 3.8) is 0 Å². The Morgan fingerprint density at radius 1 is 1.33 bits per heavy atom. The first-order chi connectivity index (χ1) is 13.1. The minimum Gasteiger partial charge on any atom is -0.494 e. The Labute approximate surface area is 162 Å². The molecule has 1 heterocycles. The highest BCUT2D eigenvalue weighted by atomic mass is 16.5. The number of carbonyl (C=O) groups is 1. The van der Waals surface area contributed by atoms with Gasteiger partial charge in [-0.3, -0.25) is 4.79 Å². The Balaban J connectivity index is 2.23. The van der Waals surface area contributed by atoms with Gasteiger partial charge in [0, 0.05) is 26.3 Å². The molecule has 0 spiro atoms. The van der Waals surface area contributed by atoms with Crippen molar-refractivity contribution < 1.29 is 14.3 Å². The molecule has 6 nitrogen and oxygen atoms in total. The summed E-state index contributed by atoms with van der Waals surface area (Å²) in [6, 6.07) is 0. The first-order valence-corrected chi connectivity index (χ1v) is 9.72. The van der Waals surface area contributed by atoms with Crippen molar-refractivity contribution in [2.24, 2.45) is 5.73 Å². The molecule has 2 rings (SSSR count). The number of nitrogens with zero attached hydrogens (tertiary/aromatic N) is 2. The van der Waals surface area contributed by atoms with E-state index in [4.69, 9.17) is 15.2 Å². The molecule has 1 aliphatic heterocycles. The van der Waals surface area contributed by atoms with Crippen LogP contribution in [0.15, 0.2) is 46.2 Å². The van der Waals surface area contributed by atoms with E-state index in [0.717, 1.165) is 38.6 Å². The third-order valence-electron chi connectivity index (χ3n) is 5.16. The highest BCUT2D eigenvalue weighted by Gasteiger charge is 2.26. The minimum absolute atomic E-state index is 0.328. The van der Waals surface area contributed by atoms with Gasteiger partial charge in [-0.1, -0.05) is 6.92 Å². The van der Waals surface area contributed by atoms with Crippen molar-refractivity contribution in [2.75, 3.05) is 33.9 Å². The van der Waals surface area contributed by atoms with E-state index in [1.165, 1.54) is 43.0 Å². The predicted octanol–water partition coefficient (Wildman–Crippen LogP) is 3.25. The SMILES string of the molecule is CCCN1C(C2=C(CO/C(C)=C(C=O)/C(=C\N)OC)CCCC2)=CCN1C. The van der Waals surface area contributed by atoms with Crippen LogP contribution in [0.25, 0.3) is 0 Å². The zero-order valence-electron chi connectivity index (χ0n) is 17.1. The van der Waals surface area contributed by atoms with Gasteiger partial charge in [-0.25, -0.2) is 5.01 Å². The normalized spacial score (nSPS) is 19.8. The third kappa shape index (κ3) is 4.95. The maximum atomic E-state index is 11.4. The van der Waals surface area contributed by atoms with Crippen LogP contribution in [0.1, 0.15) is 46.0 Å². The molecule has 0 aromatic heterocycles. The summed E-state index contributed by atoms with van der Waals surface area (Å²) in [5.74, 6) is 0.860. The van der Waals surface area contributed by atoms with Crippen molar-refractivity contribution >= 4 is 6.29 Å². The van der Waals surface area contributed by atoms with Crippen molar-refractivity contribution in [1.29, 1.82) is 0 Å². The van der Waals surface area contributed by atoms with Crippen molar-refractivity contribution in [2.45, 2.75) is 46.0 Å². The molecule has 1 aliphatic carbocycles. The van der Waals surface area contributed by atoms with Gasteiger partial charge in [0.05, 0.1) is 18.4 Å². The number of carbonyl (C=O) groups excluding carboxylic acids is 1. The van der Waals surface area contributed by atoms with Gasteiger partial charge in [-0.05, 0) is 56.3 Å². The second kappa shape index (κ2) is 10.2. The molecular weight excluding hydrogens is 342 g/mol. The fraction of sp³-hybridized carbons (Fsp3) is 0.571. The van der Waals surface area contributed by atoms with Gasteiger partial charge < -0.3 is 20.2 Å². The third-order valence-corrected chi connectivity index (χ3v) is 5.16. The maximum absolute atomic E-state index is 11.4. The van der Waals surface area contributed by atoms with Crippen LogP contribution in [-0.4, -0.2) is 50.2 Å². The highest BCUT2D eigenvalue weighted by Crippen LogP contribution is 2.34. The Hall–Kier alpha value is -2.21. The van der Waals surface area contributed by atoms with E-state index in [-0.39, 0.29) is 0 Å². The molecule has 0 saturated heterocycles. The van der Waals surface area contributed by atoms with E-state index in [1.807, 2.05) is 0 Å². The van der Waals surface area contributed by atoms with Gasteiger partial charge in [-0.15, -0.1) is 0 Å². The Kier molecular flexibility index (Phi) is 7.98. The number of allylic oxidation sites excluding steroid dienone is 3. The smallest absolute Gasteiger partial charge is 0.157 e. The van der Waals surface area contributed by atoms with Crippen LogP contribution in [0, 0.1) is 0 Å². The number of hydrogen-bond donors (Lipinski definition) is 1.